The topological polar surface area (TPSA) is 78.9 Å². The van der Waals surface area contributed by atoms with Crippen molar-refractivity contribution in [2.24, 2.45) is 0 Å². The number of allylic oxidation sites excluding steroid dienone is 26. The Balaban J connectivity index is 4.26. The molecule has 0 spiro atoms. The lowest BCUT2D eigenvalue weighted by atomic mass is 10.1. The molecule has 0 aliphatic heterocycles. The van der Waals surface area contributed by atoms with Gasteiger partial charge in [-0.15, -0.1) is 0 Å². The van der Waals surface area contributed by atoms with Crippen molar-refractivity contribution < 1.29 is 28.6 Å². The molecule has 0 aliphatic rings. The first-order valence-corrected chi connectivity index (χ1v) is 30.5. The first kappa shape index (κ1) is 71.0. The lowest BCUT2D eigenvalue weighted by Crippen LogP contribution is -2.30. The van der Waals surface area contributed by atoms with Gasteiger partial charge in [-0.2, -0.15) is 0 Å². The van der Waals surface area contributed by atoms with Crippen LogP contribution < -0.4 is 0 Å². The summed E-state index contributed by atoms with van der Waals surface area (Å²) in [5, 5.41) is 0. The van der Waals surface area contributed by atoms with E-state index >= 15 is 0 Å². The number of carbonyl (C=O) groups excluding carboxylic acids is 3. The average Bonchev–Trinajstić information content (AvgIpc) is 3.42. The Morgan fingerprint density at radius 2 is 0.513 bits per heavy atom. The molecule has 426 valence electrons. The second kappa shape index (κ2) is 62.6. The molecule has 0 aromatic rings. The third-order valence-corrected chi connectivity index (χ3v) is 12.3. The summed E-state index contributed by atoms with van der Waals surface area (Å²) in [4.78, 5) is 38.0. The zero-order valence-corrected chi connectivity index (χ0v) is 48.7. The summed E-state index contributed by atoms with van der Waals surface area (Å²) < 4.78 is 16.7. The van der Waals surface area contributed by atoms with Crippen molar-refractivity contribution in [1.82, 2.24) is 0 Å². The van der Waals surface area contributed by atoms with Crippen LogP contribution in [0.25, 0.3) is 0 Å². The van der Waals surface area contributed by atoms with Gasteiger partial charge in [0, 0.05) is 19.3 Å². The van der Waals surface area contributed by atoms with Crippen molar-refractivity contribution >= 4 is 17.9 Å². The summed E-state index contributed by atoms with van der Waals surface area (Å²) in [5.74, 6) is -0.959. The third-order valence-electron chi connectivity index (χ3n) is 12.3. The second-order valence-corrected chi connectivity index (χ2v) is 19.5. The number of esters is 3. The summed E-state index contributed by atoms with van der Waals surface area (Å²) in [6.45, 7) is 6.30. The highest BCUT2D eigenvalue weighted by atomic mass is 16.6. The lowest BCUT2D eigenvalue weighted by molar-refractivity contribution is -0.167. The van der Waals surface area contributed by atoms with Gasteiger partial charge >= 0.3 is 17.9 Å². The Hall–Kier alpha value is -4.97. The molecule has 0 rings (SSSR count). The van der Waals surface area contributed by atoms with E-state index < -0.39 is 6.10 Å². The third kappa shape index (κ3) is 59.9. The monoisotopic (exact) mass is 1050 g/mol. The molecule has 1 atom stereocenters. The van der Waals surface area contributed by atoms with Crippen LogP contribution >= 0.6 is 0 Å². The minimum atomic E-state index is -0.804. The van der Waals surface area contributed by atoms with Crippen LogP contribution in [0.4, 0.5) is 0 Å². The zero-order valence-electron chi connectivity index (χ0n) is 48.7. The summed E-state index contributed by atoms with van der Waals surface area (Å²) >= 11 is 0. The molecule has 0 aliphatic carbocycles. The number of rotatable bonds is 53. The van der Waals surface area contributed by atoms with Crippen LogP contribution in [-0.2, 0) is 28.6 Å². The van der Waals surface area contributed by atoms with E-state index in [0.717, 1.165) is 148 Å². The maximum Gasteiger partial charge on any atom is 0.306 e. The van der Waals surface area contributed by atoms with Crippen LogP contribution in [0.3, 0.4) is 0 Å². The SMILES string of the molecule is CC/C=C\C/C=C\C/C=C\C/C=C\C/C=C\C/C=C\C/C=C\CCCCCC(=O)OC(COC(=O)CCCCCCCC)COC(=O)CCCCCCCCCC/C=C\C/C=C\C/C=C\C/C=C\C/C=C\C/C=C\CC. The van der Waals surface area contributed by atoms with Crippen molar-refractivity contribution in [3.63, 3.8) is 0 Å². The number of hydrogen-bond donors (Lipinski definition) is 0. The molecule has 0 aromatic heterocycles. The average molecular weight is 1050 g/mol. The molecule has 0 heterocycles. The molecule has 0 bridgehead atoms. The van der Waals surface area contributed by atoms with E-state index in [4.69, 9.17) is 14.2 Å². The van der Waals surface area contributed by atoms with Gasteiger partial charge in [0.2, 0.25) is 0 Å². The van der Waals surface area contributed by atoms with E-state index in [2.05, 4.69) is 179 Å². The fourth-order valence-electron chi connectivity index (χ4n) is 7.78. The summed E-state index contributed by atoms with van der Waals surface area (Å²) in [5.41, 5.74) is 0. The van der Waals surface area contributed by atoms with Crippen molar-refractivity contribution in [3.05, 3.63) is 158 Å². The molecular weight excluding hydrogens is 937 g/mol. The number of carbonyl (C=O) groups is 3. The van der Waals surface area contributed by atoms with Gasteiger partial charge in [-0.3, -0.25) is 14.4 Å². The van der Waals surface area contributed by atoms with Gasteiger partial charge in [0.15, 0.2) is 6.10 Å². The quantitative estimate of drug-likeness (QED) is 0.0261. The van der Waals surface area contributed by atoms with E-state index in [1.807, 2.05) is 0 Å². The Kier molecular flexibility index (Phi) is 58.5. The van der Waals surface area contributed by atoms with Crippen molar-refractivity contribution in [2.75, 3.05) is 13.2 Å². The molecule has 6 nitrogen and oxygen atoms in total. The summed E-state index contributed by atoms with van der Waals surface area (Å²) in [6, 6.07) is 0. The van der Waals surface area contributed by atoms with Gasteiger partial charge in [0.25, 0.3) is 0 Å². The van der Waals surface area contributed by atoms with Crippen LogP contribution in [0.15, 0.2) is 158 Å². The molecule has 0 radical (unpaired) electrons. The maximum absolute atomic E-state index is 12.8. The Labute approximate surface area is 467 Å². The molecule has 76 heavy (non-hydrogen) atoms. The predicted molar refractivity (Wildman–Crippen MR) is 329 cm³/mol. The predicted octanol–water partition coefficient (Wildman–Crippen LogP) is 20.9. The van der Waals surface area contributed by atoms with Gasteiger partial charge < -0.3 is 14.2 Å². The zero-order chi connectivity index (χ0) is 55.0. The van der Waals surface area contributed by atoms with Crippen LogP contribution in [0.1, 0.15) is 245 Å². The largest absolute Gasteiger partial charge is 0.462 e. The normalized spacial score (nSPS) is 13.2. The van der Waals surface area contributed by atoms with Crippen molar-refractivity contribution in [2.45, 2.75) is 252 Å². The van der Waals surface area contributed by atoms with Crippen LogP contribution in [0.2, 0.25) is 0 Å². The molecule has 1 unspecified atom stereocenters. The first-order valence-electron chi connectivity index (χ1n) is 30.5. The molecule has 0 N–H and O–H groups in total. The molecule has 0 fully saturated rings. The Morgan fingerprint density at radius 3 is 0.816 bits per heavy atom. The van der Waals surface area contributed by atoms with E-state index in [1.165, 1.54) is 51.4 Å². The van der Waals surface area contributed by atoms with Crippen molar-refractivity contribution in [1.29, 1.82) is 0 Å². The van der Waals surface area contributed by atoms with Crippen LogP contribution in [0, 0.1) is 0 Å². The fourth-order valence-corrected chi connectivity index (χ4v) is 7.78. The minimum Gasteiger partial charge on any atom is -0.462 e. The molecule has 0 amide bonds. The molecular formula is C70H110O6. The van der Waals surface area contributed by atoms with Crippen molar-refractivity contribution in [3.8, 4) is 0 Å². The van der Waals surface area contributed by atoms with Crippen LogP contribution in [0.5, 0.6) is 0 Å². The minimum absolute atomic E-state index is 0.101. The lowest BCUT2D eigenvalue weighted by Gasteiger charge is -2.18. The van der Waals surface area contributed by atoms with Gasteiger partial charge in [0.1, 0.15) is 13.2 Å². The highest BCUT2D eigenvalue weighted by Crippen LogP contribution is 2.14. The smallest absolute Gasteiger partial charge is 0.306 e. The van der Waals surface area contributed by atoms with E-state index in [1.54, 1.807) is 0 Å². The van der Waals surface area contributed by atoms with Gasteiger partial charge in [0.05, 0.1) is 0 Å². The maximum atomic E-state index is 12.8. The number of hydrogen-bond acceptors (Lipinski definition) is 6. The second-order valence-electron chi connectivity index (χ2n) is 19.5. The van der Waals surface area contributed by atoms with Gasteiger partial charge in [-0.25, -0.2) is 0 Å². The molecule has 6 heteroatoms. The van der Waals surface area contributed by atoms with E-state index in [-0.39, 0.29) is 37.5 Å². The highest BCUT2D eigenvalue weighted by Gasteiger charge is 2.19. The Morgan fingerprint density at radius 1 is 0.276 bits per heavy atom. The first-order chi connectivity index (χ1) is 37.5. The van der Waals surface area contributed by atoms with Gasteiger partial charge in [-0.1, -0.05) is 256 Å². The standard InChI is InChI=1S/C70H110O6/c1-4-7-10-13-16-18-20-22-24-26-28-30-32-34-35-37-38-40-42-44-46-48-50-52-54-57-60-63-69(72)75-66-67(65-74-68(71)62-59-56-15-12-9-6-3)76-70(73)64-61-58-55-53-51-49-47-45-43-41-39-36-33-31-29-27-25-23-21-19-17-14-11-8-5-2/h7-8,10-11,16-19,22-25,28-31,34-36,38-40,43,45,49,51,67H,4-6,9,12-15,20-21,26-27,32-33,37,41-42,44,46-48,50,52-66H2,1-3H3/b10-7-,11-8-,18-16-,19-17-,24-22-,25-23-,30-28-,31-29-,35-34-,39-36-,40-38-,45-43-,51-49-. The Bertz CT molecular complexity index is 1720. The molecule has 0 saturated heterocycles. The molecule has 0 saturated carbocycles. The van der Waals surface area contributed by atoms with Crippen LogP contribution in [-0.4, -0.2) is 37.2 Å². The number of ether oxygens (including phenoxy) is 3. The summed E-state index contributed by atoms with van der Waals surface area (Å²) in [7, 11) is 0. The van der Waals surface area contributed by atoms with E-state index in [0.29, 0.717) is 19.3 Å². The van der Waals surface area contributed by atoms with Gasteiger partial charge in [-0.05, 0) is 128 Å². The van der Waals surface area contributed by atoms with E-state index in [9.17, 15) is 14.4 Å². The highest BCUT2D eigenvalue weighted by molar-refractivity contribution is 5.71. The fraction of sp³-hybridized carbons (Fsp3) is 0.586. The molecule has 0 aromatic carbocycles. The summed E-state index contributed by atoms with van der Waals surface area (Å²) in [6.07, 6.45) is 91.3. The number of unbranched alkanes of at least 4 members (excludes halogenated alkanes) is 16.